The van der Waals surface area contributed by atoms with Gasteiger partial charge in [-0.05, 0) is 57.2 Å². The van der Waals surface area contributed by atoms with Crippen molar-refractivity contribution >= 4 is 5.91 Å². The van der Waals surface area contributed by atoms with Gasteiger partial charge in [0.05, 0.1) is 36.1 Å². The average Bonchev–Trinajstić information content (AvgIpc) is 3.31. The first-order valence-corrected chi connectivity index (χ1v) is 10.4. The Morgan fingerprint density at radius 1 is 1.35 bits per heavy atom. The van der Waals surface area contributed by atoms with E-state index >= 15 is 0 Å². The quantitative estimate of drug-likeness (QED) is 0.723. The van der Waals surface area contributed by atoms with Crippen molar-refractivity contribution in [2.24, 2.45) is 5.92 Å². The van der Waals surface area contributed by atoms with E-state index in [1.807, 2.05) is 4.90 Å². The number of hydrogen-bond acceptors (Lipinski definition) is 4. The van der Waals surface area contributed by atoms with E-state index in [1.54, 1.807) is 13.0 Å². The number of rotatable bonds is 6. The standard InChI is InChI=1S/C22H24F3N5O/c1-21(13-26,15-7-8-15)29-19(31)12-30-9-3-6-18(30)20-27-11-17(28-20)14-4-2-5-16(10-14)22(23,24)25/h2,4-5,10-11,15,18H,3,6-9,12H2,1H3,(H,27,28)(H,29,31)/t18-,21+/m1/s1. The monoisotopic (exact) mass is 431 g/mol. The first-order chi connectivity index (χ1) is 14.7. The summed E-state index contributed by atoms with van der Waals surface area (Å²) in [7, 11) is 0. The smallest absolute Gasteiger partial charge is 0.341 e. The minimum atomic E-state index is -4.41. The van der Waals surface area contributed by atoms with E-state index in [1.165, 1.54) is 12.3 Å². The molecule has 1 aliphatic carbocycles. The van der Waals surface area contributed by atoms with Crippen molar-refractivity contribution in [2.45, 2.75) is 50.4 Å². The summed E-state index contributed by atoms with van der Waals surface area (Å²) in [6.07, 6.45) is 0.688. The second-order valence-corrected chi connectivity index (χ2v) is 8.53. The van der Waals surface area contributed by atoms with E-state index < -0.39 is 17.3 Å². The maximum atomic E-state index is 13.0. The van der Waals surface area contributed by atoms with Crippen LogP contribution in [0.5, 0.6) is 0 Å². The third-order valence-corrected chi connectivity index (χ3v) is 6.15. The SMILES string of the molecule is C[C@@](C#N)(NC(=O)CN1CCC[C@@H]1c1ncc(-c2cccc(C(F)(F)F)c2)[nH]1)C1CC1. The summed E-state index contributed by atoms with van der Waals surface area (Å²) in [5, 5.41) is 12.3. The molecule has 0 bridgehead atoms. The fraction of sp³-hybridized carbons (Fsp3) is 0.500. The lowest BCUT2D eigenvalue weighted by Gasteiger charge is -2.27. The minimum Gasteiger partial charge on any atom is -0.341 e. The van der Waals surface area contributed by atoms with E-state index in [0.29, 0.717) is 23.6 Å². The molecule has 4 rings (SSSR count). The van der Waals surface area contributed by atoms with Gasteiger partial charge in [0.1, 0.15) is 11.4 Å². The summed E-state index contributed by atoms with van der Waals surface area (Å²) in [6, 6.07) is 7.21. The predicted molar refractivity (Wildman–Crippen MR) is 107 cm³/mol. The van der Waals surface area contributed by atoms with Crippen molar-refractivity contribution in [2.75, 3.05) is 13.1 Å². The molecule has 1 saturated heterocycles. The number of nitrogens with one attached hydrogen (secondary N) is 2. The molecule has 6 nitrogen and oxygen atoms in total. The third kappa shape index (κ3) is 4.59. The average molecular weight is 431 g/mol. The second-order valence-electron chi connectivity index (χ2n) is 8.53. The van der Waals surface area contributed by atoms with Gasteiger partial charge in [-0.3, -0.25) is 9.69 Å². The van der Waals surface area contributed by atoms with Crippen LogP contribution in [-0.4, -0.2) is 39.4 Å². The molecule has 9 heteroatoms. The zero-order valence-corrected chi connectivity index (χ0v) is 17.2. The number of hydrogen-bond donors (Lipinski definition) is 2. The number of aromatic nitrogens is 2. The summed E-state index contributed by atoms with van der Waals surface area (Å²) < 4.78 is 39.0. The number of alkyl halides is 3. The first-order valence-electron chi connectivity index (χ1n) is 10.4. The highest BCUT2D eigenvalue weighted by molar-refractivity contribution is 5.79. The van der Waals surface area contributed by atoms with Crippen molar-refractivity contribution in [1.29, 1.82) is 5.26 Å². The van der Waals surface area contributed by atoms with E-state index in [-0.39, 0.29) is 24.4 Å². The Hall–Kier alpha value is -2.86. The van der Waals surface area contributed by atoms with Crippen LogP contribution in [0.25, 0.3) is 11.3 Å². The summed E-state index contributed by atoms with van der Waals surface area (Å²) in [5.74, 6) is 0.631. The van der Waals surface area contributed by atoms with Crippen LogP contribution >= 0.6 is 0 Å². The molecule has 1 saturated carbocycles. The number of carbonyl (C=O) groups is 1. The van der Waals surface area contributed by atoms with Crippen molar-refractivity contribution < 1.29 is 18.0 Å². The number of aromatic amines is 1. The number of imidazole rings is 1. The summed E-state index contributed by atoms with van der Waals surface area (Å²) in [5.41, 5.74) is -0.641. The summed E-state index contributed by atoms with van der Waals surface area (Å²) in [6.45, 7) is 2.62. The molecule has 164 valence electrons. The van der Waals surface area contributed by atoms with Crippen molar-refractivity contribution in [3.05, 3.63) is 41.9 Å². The molecule has 1 aromatic heterocycles. The van der Waals surface area contributed by atoms with Gasteiger partial charge in [-0.1, -0.05) is 12.1 Å². The molecule has 0 radical (unpaired) electrons. The molecule has 2 aliphatic rings. The molecule has 2 heterocycles. The Balaban J connectivity index is 1.46. The number of carbonyl (C=O) groups excluding carboxylic acids is 1. The van der Waals surface area contributed by atoms with Crippen LogP contribution in [0.1, 0.15) is 50.0 Å². The van der Waals surface area contributed by atoms with Crippen LogP contribution in [0.4, 0.5) is 13.2 Å². The molecular weight excluding hydrogens is 407 g/mol. The van der Waals surface area contributed by atoms with Gasteiger partial charge in [-0.25, -0.2) is 4.98 Å². The van der Waals surface area contributed by atoms with Gasteiger partial charge < -0.3 is 10.3 Å². The molecule has 0 unspecified atom stereocenters. The number of amides is 1. The minimum absolute atomic E-state index is 0.125. The number of H-pyrrole nitrogens is 1. The Morgan fingerprint density at radius 2 is 2.13 bits per heavy atom. The lowest BCUT2D eigenvalue weighted by Crippen LogP contribution is -2.50. The number of benzene rings is 1. The Labute approximate surface area is 178 Å². The fourth-order valence-electron chi connectivity index (χ4n) is 4.24. The molecule has 2 atom stereocenters. The molecule has 31 heavy (non-hydrogen) atoms. The molecule has 2 N–H and O–H groups in total. The van der Waals surface area contributed by atoms with E-state index in [0.717, 1.165) is 37.8 Å². The highest BCUT2D eigenvalue weighted by atomic mass is 19.4. The van der Waals surface area contributed by atoms with Gasteiger partial charge >= 0.3 is 6.18 Å². The Morgan fingerprint density at radius 3 is 2.81 bits per heavy atom. The maximum Gasteiger partial charge on any atom is 0.416 e. The molecule has 2 fully saturated rings. The molecule has 1 aliphatic heterocycles. The number of likely N-dealkylation sites (tertiary alicyclic amines) is 1. The highest BCUT2D eigenvalue weighted by Crippen LogP contribution is 2.39. The van der Waals surface area contributed by atoms with Crippen LogP contribution in [0.15, 0.2) is 30.5 Å². The van der Waals surface area contributed by atoms with Crippen LogP contribution in [0, 0.1) is 17.2 Å². The van der Waals surface area contributed by atoms with Crippen LogP contribution < -0.4 is 5.32 Å². The zero-order valence-electron chi connectivity index (χ0n) is 17.2. The van der Waals surface area contributed by atoms with Gasteiger partial charge in [-0.15, -0.1) is 0 Å². The molecule has 2 aromatic rings. The van der Waals surface area contributed by atoms with Gasteiger partial charge in [0, 0.05) is 5.56 Å². The highest BCUT2D eigenvalue weighted by Gasteiger charge is 2.43. The summed E-state index contributed by atoms with van der Waals surface area (Å²) in [4.78, 5) is 22.1. The molecular formula is C22H24F3N5O. The predicted octanol–water partition coefficient (Wildman–Crippen LogP) is 4.04. The lowest BCUT2D eigenvalue weighted by atomic mass is 9.98. The molecule has 1 aromatic carbocycles. The first kappa shape index (κ1) is 21.4. The topological polar surface area (TPSA) is 84.8 Å². The van der Waals surface area contributed by atoms with Gasteiger partial charge in [-0.2, -0.15) is 18.4 Å². The third-order valence-electron chi connectivity index (χ3n) is 6.15. The zero-order chi connectivity index (χ0) is 22.2. The molecule has 0 spiro atoms. The normalized spacial score (nSPS) is 21.5. The molecule has 1 amide bonds. The Kier molecular flexibility index (Phi) is 5.52. The van der Waals surface area contributed by atoms with Gasteiger partial charge in [0.15, 0.2) is 0 Å². The van der Waals surface area contributed by atoms with Crippen LogP contribution in [-0.2, 0) is 11.0 Å². The van der Waals surface area contributed by atoms with Crippen molar-refractivity contribution in [1.82, 2.24) is 20.2 Å². The van der Waals surface area contributed by atoms with Crippen molar-refractivity contribution in [3.63, 3.8) is 0 Å². The fourth-order valence-corrected chi connectivity index (χ4v) is 4.24. The van der Waals surface area contributed by atoms with Gasteiger partial charge in [0.25, 0.3) is 0 Å². The van der Waals surface area contributed by atoms with Gasteiger partial charge in [0.2, 0.25) is 5.91 Å². The maximum absolute atomic E-state index is 13.0. The number of nitriles is 1. The largest absolute Gasteiger partial charge is 0.416 e. The lowest BCUT2D eigenvalue weighted by molar-refractivity contribution is -0.137. The number of nitrogens with zero attached hydrogens (tertiary/aromatic N) is 3. The number of halogens is 3. The van der Waals surface area contributed by atoms with E-state index in [2.05, 4.69) is 21.4 Å². The van der Waals surface area contributed by atoms with Crippen molar-refractivity contribution in [3.8, 4) is 17.3 Å². The van der Waals surface area contributed by atoms with E-state index in [9.17, 15) is 23.2 Å². The second kappa shape index (κ2) is 8.00. The van der Waals surface area contributed by atoms with Crippen LogP contribution in [0.3, 0.4) is 0 Å². The summed E-state index contributed by atoms with van der Waals surface area (Å²) >= 11 is 0. The van der Waals surface area contributed by atoms with E-state index in [4.69, 9.17) is 0 Å². The van der Waals surface area contributed by atoms with Crippen LogP contribution in [0.2, 0.25) is 0 Å². The Bertz CT molecular complexity index is 1010.